The van der Waals surface area contributed by atoms with Crippen LogP contribution >= 0.6 is 0 Å². The normalized spacial score (nSPS) is 13.0. The van der Waals surface area contributed by atoms with E-state index in [0.29, 0.717) is 0 Å². The first-order valence-electron chi connectivity index (χ1n) is 9.97. The summed E-state index contributed by atoms with van der Waals surface area (Å²) in [6, 6.07) is 21.2. The average molecular weight is 372 g/mol. The van der Waals surface area contributed by atoms with Crippen molar-refractivity contribution in [2.75, 3.05) is 10.5 Å². The third kappa shape index (κ3) is 3.89. The van der Waals surface area contributed by atoms with Gasteiger partial charge in [0.2, 0.25) is 0 Å². The van der Waals surface area contributed by atoms with Crippen molar-refractivity contribution in [3.63, 3.8) is 0 Å². The van der Waals surface area contributed by atoms with Crippen LogP contribution in [-0.4, -0.2) is 26.3 Å². The van der Waals surface area contributed by atoms with Gasteiger partial charge in [-0.2, -0.15) is 0 Å². The van der Waals surface area contributed by atoms with Crippen molar-refractivity contribution < 1.29 is 9.31 Å². The Labute approximate surface area is 167 Å². The summed E-state index contributed by atoms with van der Waals surface area (Å²) in [7, 11) is -0.376. The molecule has 28 heavy (non-hydrogen) atoms. The number of hydrogen-bond acceptors (Lipinski definition) is 4. The van der Waals surface area contributed by atoms with E-state index in [1.54, 1.807) is 0 Å². The number of hydrogen-bond donors (Lipinski definition) is 2. The summed E-state index contributed by atoms with van der Waals surface area (Å²) in [4.78, 5) is 0. The van der Waals surface area contributed by atoms with Crippen molar-refractivity contribution in [3.8, 4) is 0 Å². The van der Waals surface area contributed by atoms with Gasteiger partial charge in [-0.25, -0.2) is 0 Å². The molecule has 0 saturated heterocycles. The summed E-state index contributed by atoms with van der Waals surface area (Å²) in [5.41, 5.74) is 4.47. The molecular formula is C22H26B2N2O2. The number of benzene rings is 3. The molecular weight excluding hydrogens is 346 g/mol. The Bertz CT molecular complexity index is 927. The molecule has 4 rings (SSSR count). The molecule has 0 spiro atoms. The Hall–Kier alpha value is -2.43. The highest BCUT2D eigenvalue weighted by atomic mass is 16.6. The second-order valence-electron chi connectivity index (χ2n) is 7.80. The summed E-state index contributed by atoms with van der Waals surface area (Å²) in [6.45, 7) is 8.11. The van der Waals surface area contributed by atoms with E-state index >= 15 is 0 Å². The first-order valence-corrected chi connectivity index (χ1v) is 9.97. The largest absolute Gasteiger partial charge is 0.494 e. The molecule has 4 nitrogen and oxygen atoms in total. The van der Waals surface area contributed by atoms with Crippen molar-refractivity contribution in [2.24, 2.45) is 0 Å². The van der Waals surface area contributed by atoms with Gasteiger partial charge in [-0.15, -0.1) is 0 Å². The highest BCUT2D eigenvalue weighted by molar-refractivity contribution is 6.80. The molecule has 0 atom stereocenters. The van der Waals surface area contributed by atoms with Crippen LogP contribution in [0.2, 0.25) is 0 Å². The third-order valence-electron chi connectivity index (χ3n) is 4.81. The molecule has 0 radical (unpaired) electrons. The van der Waals surface area contributed by atoms with E-state index in [1.165, 1.54) is 10.8 Å². The van der Waals surface area contributed by atoms with Gasteiger partial charge in [0.05, 0.1) is 0 Å². The Morgan fingerprint density at radius 3 is 1.93 bits per heavy atom. The van der Waals surface area contributed by atoms with Gasteiger partial charge >= 0.3 is 14.1 Å². The van der Waals surface area contributed by atoms with E-state index in [-0.39, 0.29) is 26.3 Å². The highest BCUT2D eigenvalue weighted by Crippen LogP contribution is 2.33. The maximum Gasteiger partial charge on any atom is 0.494 e. The van der Waals surface area contributed by atoms with Crippen LogP contribution in [0.1, 0.15) is 27.7 Å². The summed E-state index contributed by atoms with van der Waals surface area (Å²) in [5, 5.41) is 9.74. The topological polar surface area (TPSA) is 42.5 Å². The molecule has 0 amide bonds. The molecule has 0 aromatic heterocycles. The van der Waals surface area contributed by atoms with Crippen LogP contribution in [0.3, 0.4) is 0 Å². The summed E-state index contributed by atoms with van der Waals surface area (Å²) in [5.74, 6) is 0. The third-order valence-corrected chi connectivity index (χ3v) is 4.81. The fourth-order valence-electron chi connectivity index (χ4n) is 3.66. The summed E-state index contributed by atoms with van der Waals surface area (Å²) < 4.78 is 12.1. The smallest absolute Gasteiger partial charge is 0.405 e. The van der Waals surface area contributed by atoms with Crippen molar-refractivity contribution in [1.29, 1.82) is 0 Å². The first-order chi connectivity index (χ1) is 13.5. The van der Waals surface area contributed by atoms with E-state index in [4.69, 9.17) is 9.31 Å². The van der Waals surface area contributed by atoms with Gasteiger partial charge in [0.15, 0.2) is 0 Å². The molecule has 3 aromatic carbocycles. The molecule has 1 aliphatic heterocycles. The van der Waals surface area contributed by atoms with E-state index < -0.39 is 0 Å². The quantitative estimate of drug-likeness (QED) is 0.649. The number of nitrogens with one attached hydrogen (secondary N) is 2. The molecule has 0 unspecified atom stereocenters. The van der Waals surface area contributed by atoms with Crippen molar-refractivity contribution in [2.45, 2.75) is 39.9 Å². The van der Waals surface area contributed by atoms with Gasteiger partial charge in [0, 0.05) is 29.0 Å². The lowest BCUT2D eigenvalue weighted by Gasteiger charge is -2.27. The summed E-state index contributed by atoms with van der Waals surface area (Å²) in [6.07, 6.45) is 0.172. The standard InChI is InChI=1S/C22H26B2N2O2/c1-15(2)27-24(28-16(3)4)19-11-7-10-18(14-19)23-25-20-12-5-8-17-9-6-13-21(26-23)22(17)20/h5-16,25-26H,1-4H3. The van der Waals surface area contributed by atoms with Crippen molar-refractivity contribution >= 4 is 47.2 Å². The van der Waals surface area contributed by atoms with Crippen molar-refractivity contribution in [1.82, 2.24) is 0 Å². The van der Waals surface area contributed by atoms with E-state index in [0.717, 1.165) is 22.3 Å². The minimum absolute atomic E-state index is 0.0146. The van der Waals surface area contributed by atoms with Gasteiger partial charge in [-0.05, 0) is 56.1 Å². The van der Waals surface area contributed by atoms with Crippen LogP contribution in [-0.2, 0) is 9.31 Å². The SMILES string of the molecule is CC(C)OB(OC(C)C)c1cccc(B2Nc3cccc4cccc(c34)N2)c1. The maximum absolute atomic E-state index is 6.03. The van der Waals surface area contributed by atoms with Gasteiger partial charge in [0.25, 0.3) is 0 Å². The molecule has 0 saturated carbocycles. The van der Waals surface area contributed by atoms with Crippen molar-refractivity contribution in [3.05, 3.63) is 60.7 Å². The lowest BCUT2D eigenvalue weighted by molar-refractivity contribution is 0.139. The predicted molar refractivity (Wildman–Crippen MR) is 121 cm³/mol. The highest BCUT2D eigenvalue weighted by Gasteiger charge is 2.29. The van der Waals surface area contributed by atoms with Crippen LogP contribution in [0.25, 0.3) is 10.8 Å². The fourth-order valence-corrected chi connectivity index (χ4v) is 3.66. The fraction of sp³-hybridized carbons (Fsp3) is 0.273. The predicted octanol–water partition coefficient (Wildman–Crippen LogP) is 3.62. The molecule has 2 N–H and O–H groups in total. The zero-order chi connectivity index (χ0) is 19.7. The van der Waals surface area contributed by atoms with Crippen LogP contribution in [0.5, 0.6) is 0 Å². The van der Waals surface area contributed by atoms with Gasteiger partial charge in [-0.1, -0.05) is 48.5 Å². The number of rotatable bonds is 6. The van der Waals surface area contributed by atoms with Crippen LogP contribution in [0, 0.1) is 0 Å². The van der Waals surface area contributed by atoms with Crippen LogP contribution in [0.4, 0.5) is 11.4 Å². The second kappa shape index (κ2) is 7.90. The van der Waals surface area contributed by atoms with Gasteiger partial charge in [-0.3, -0.25) is 0 Å². The van der Waals surface area contributed by atoms with E-state index in [2.05, 4.69) is 71.1 Å². The molecule has 6 heteroatoms. The molecule has 3 aromatic rings. The Kier molecular flexibility index (Phi) is 5.33. The molecule has 0 fully saturated rings. The van der Waals surface area contributed by atoms with Crippen LogP contribution < -0.4 is 21.4 Å². The molecule has 142 valence electrons. The zero-order valence-corrected chi connectivity index (χ0v) is 16.9. The Morgan fingerprint density at radius 1 is 0.786 bits per heavy atom. The van der Waals surface area contributed by atoms with Gasteiger partial charge in [0.1, 0.15) is 0 Å². The molecule has 0 bridgehead atoms. The Balaban J connectivity index is 1.64. The maximum atomic E-state index is 6.03. The Morgan fingerprint density at radius 2 is 1.36 bits per heavy atom. The van der Waals surface area contributed by atoms with E-state index in [9.17, 15) is 0 Å². The molecule has 1 aliphatic rings. The van der Waals surface area contributed by atoms with E-state index in [1.807, 2.05) is 27.7 Å². The lowest BCUT2D eigenvalue weighted by Crippen LogP contribution is -2.50. The molecule has 1 heterocycles. The zero-order valence-electron chi connectivity index (χ0n) is 16.9. The minimum atomic E-state index is -0.376. The number of anilines is 2. The first kappa shape index (κ1) is 18.9. The minimum Gasteiger partial charge on any atom is -0.405 e. The lowest BCUT2D eigenvalue weighted by atomic mass is 9.63. The average Bonchev–Trinajstić information content (AvgIpc) is 2.67. The molecule has 0 aliphatic carbocycles. The monoisotopic (exact) mass is 372 g/mol. The van der Waals surface area contributed by atoms with Crippen LogP contribution in [0.15, 0.2) is 60.7 Å². The van der Waals surface area contributed by atoms with Gasteiger partial charge < -0.3 is 19.8 Å². The second-order valence-corrected chi connectivity index (χ2v) is 7.80. The summed E-state index contributed by atoms with van der Waals surface area (Å²) >= 11 is 0.